The molecule has 5 nitrogen and oxygen atoms in total. The Labute approximate surface area is 134 Å². The predicted molar refractivity (Wildman–Crippen MR) is 86.6 cm³/mol. The average Bonchev–Trinajstić information content (AvgIpc) is 2.76. The maximum Gasteiger partial charge on any atom is 0.244 e. The molecule has 1 aromatic carbocycles. The Morgan fingerprint density at radius 3 is 2.65 bits per heavy atom. The maximum atomic E-state index is 12.7. The smallest absolute Gasteiger partial charge is 0.244 e. The first kappa shape index (κ1) is 16.7. The van der Waals surface area contributed by atoms with Crippen molar-refractivity contribution in [3.05, 3.63) is 53.1 Å². The molecule has 23 heavy (non-hydrogen) atoms. The summed E-state index contributed by atoms with van der Waals surface area (Å²) in [6, 6.07) is 5.75. The maximum absolute atomic E-state index is 12.7. The Kier molecular flexibility index (Phi) is 5.51. The Balaban J connectivity index is 1.76. The summed E-state index contributed by atoms with van der Waals surface area (Å²) in [6.45, 7) is 4.54. The highest BCUT2D eigenvalue weighted by atomic mass is 19.1. The molecule has 0 aliphatic rings. The van der Waals surface area contributed by atoms with E-state index in [0.717, 1.165) is 17.0 Å². The lowest BCUT2D eigenvalue weighted by Crippen LogP contribution is -2.26. The van der Waals surface area contributed by atoms with Crippen LogP contribution in [-0.4, -0.2) is 28.8 Å². The second-order valence-electron chi connectivity index (χ2n) is 5.13. The van der Waals surface area contributed by atoms with Crippen molar-refractivity contribution < 1.29 is 13.9 Å². The summed E-state index contributed by atoms with van der Waals surface area (Å²) < 4.78 is 19.9. The van der Waals surface area contributed by atoms with E-state index in [-0.39, 0.29) is 11.7 Å². The molecule has 1 amide bonds. The number of aromatic nitrogens is 2. The number of ether oxygens (including phenoxy) is 1. The van der Waals surface area contributed by atoms with Gasteiger partial charge in [-0.3, -0.25) is 9.48 Å². The highest BCUT2D eigenvalue weighted by Gasteiger charge is 2.06. The van der Waals surface area contributed by atoms with Crippen molar-refractivity contribution in [1.29, 1.82) is 0 Å². The SMILES string of the molecule is Cc1nn(C)c(C)c1/C=C\C(=O)NCCOc1ccc(F)cc1. The summed E-state index contributed by atoms with van der Waals surface area (Å²) in [5.41, 5.74) is 2.84. The highest BCUT2D eigenvalue weighted by Crippen LogP contribution is 2.13. The molecule has 6 heteroatoms. The van der Waals surface area contributed by atoms with Gasteiger partial charge in [0, 0.05) is 24.4 Å². The monoisotopic (exact) mass is 317 g/mol. The Hall–Kier alpha value is -2.63. The van der Waals surface area contributed by atoms with Crippen LogP contribution in [0.1, 0.15) is 17.0 Å². The second kappa shape index (κ2) is 7.58. The summed E-state index contributed by atoms with van der Waals surface area (Å²) in [6.07, 6.45) is 3.24. The van der Waals surface area contributed by atoms with Gasteiger partial charge in [0.05, 0.1) is 12.2 Å². The van der Waals surface area contributed by atoms with Crippen LogP contribution in [-0.2, 0) is 11.8 Å². The molecular formula is C17H20FN3O2. The standard InChI is InChI=1S/C17H20FN3O2/c1-12-16(13(2)21(3)20-12)8-9-17(22)19-10-11-23-15-6-4-14(18)5-7-15/h4-9H,10-11H2,1-3H3,(H,19,22)/b9-8-. The van der Waals surface area contributed by atoms with Crippen molar-refractivity contribution in [2.24, 2.45) is 7.05 Å². The van der Waals surface area contributed by atoms with Crippen molar-refractivity contribution in [2.75, 3.05) is 13.2 Å². The fourth-order valence-electron chi connectivity index (χ4n) is 2.12. The quantitative estimate of drug-likeness (QED) is 0.657. The lowest BCUT2D eigenvalue weighted by Gasteiger charge is -2.06. The van der Waals surface area contributed by atoms with E-state index >= 15 is 0 Å². The molecule has 0 radical (unpaired) electrons. The molecule has 0 fully saturated rings. The van der Waals surface area contributed by atoms with Gasteiger partial charge in [-0.05, 0) is 44.2 Å². The number of rotatable bonds is 6. The average molecular weight is 317 g/mol. The first-order valence-corrected chi connectivity index (χ1v) is 7.32. The summed E-state index contributed by atoms with van der Waals surface area (Å²) in [7, 11) is 1.87. The third kappa shape index (κ3) is 4.67. The van der Waals surface area contributed by atoms with Gasteiger partial charge in [-0.15, -0.1) is 0 Å². The van der Waals surface area contributed by atoms with Crippen LogP contribution in [0.2, 0.25) is 0 Å². The predicted octanol–water partition coefficient (Wildman–Crippen LogP) is 2.38. The first-order chi connectivity index (χ1) is 11.0. The largest absolute Gasteiger partial charge is 0.492 e. The van der Waals surface area contributed by atoms with Gasteiger partial charge < -0.3 is 10.1 Å². The number of nitrogens with one attached hydrogen (secondary N) is 1. The van der Waals surface area contributed by atoms with E-state index in [1.165, 1.54) is 18.2 Å². The van der Waals surface area contributed by atoms with E-state index in [0.29, 0.717) is 18.9 Å². The van der Waals surface area contributed by atoms with Gasteiger partial charge in [-0.1, -0.05) is 0 Å². The molecule has 1 aromatic heterocycles. The van der Waals surface area contributed by atoms with Crippen molar-refractivity contribution in [2.45, 2.75) is 13.8 Å². The van der Waals surface area contributed by atoms with Gasteiger partial charge in [0.1, 0.15) is 18.2 Å². The zero-order valence-corrected chi connectivity index (χ0v) is 13.5. The fraction of sp³-hybridized carbons (Fsp3) is 0.294. The second-order valence-corrected chi connectivity index (χ2v) is 5.13. The first-order valence-electron chi connectivity index (χ1n) is 7.32. The number of halogens is 1. The fourth-order valence-corrected chi connectivity index (χ4v) is 2.12. The Bertz CT molecular complexity index is 705. The van der Waals surface area contributed by atoms with Crippen LogP contribution in [0.25, 0.3) is 6.08 Å². The van der Waals surface area contributed by atoms with Gasteiger partial charge in [0.25, 0.3) is 0 Å². The van der Waals surface area contributed by atoms with Crippen LogP contribution in [0.4, 0.5) is 4.39 Å². The van der Waals surface area contributed by atoms with E-state index in [1.807, 2.05) is 20.9 Å². The molecule has 0 unspecified atom stereocenters. The summed E-state index contributed by atoms with van der Waals surface area (Å²) in [5.74, 6) is 0.0601. The lowest BCUT2D eigenvalue weighted by atomic mass is 10.2. The van der Waals surface area contributed by atoms with E-state index in [2.05, 4.69) is 10.4 Å². The van der Waals surface area contributed by atoms with E-state index in [9.17, 15) is 9.18 Å². The van der Waals surface area contributed by atoms with Crippen molar-refractivity contribution in [3.8, 4) is 5.75 Å². The van der Waals surface area contributed by atoms with Crippen LogP contribution in [0.15, 0.2) is 30.3 Å². The number of hydrogen-bond donors (Lipinski definition) is 1. The summed E-state index contributed by atoms with van der Waals surface area (Å²) in [5, 5.41) is 7.02. The minimum absolute atomic E-state index is 0.199. The molecule has 0 saturated heterocycles. The number of carbonyl (C=O) groups is 1. The Morgan fingerprint density at radius 2 is 2.04 bits per heavy atom. The normalized spacial score (nSPS) is 11.0. The van der Waals surface area contributed by atoms with Crippen LogP contribution < -0.4 is 10.1 Å². The molecule has 0 saturated carbocycles. The van der Waals surface area contributed by atoms with Gasteiger partial charge in [0.2, 0.25) is 5.91 Å². The topological polar surface area (TPSA) is 56.2 Å². The number of aryl methyl sites for hydroxylation is 2. The third-order valence-electron chi connectivity index (χ3n) is 3.45. The molecule has 0 bridgehead atoms. The number of hydrogen-bond acceptors (Lipinski definition) is 3. The Morgan fingerprint density at radius 1 is 1.35 bits per heavy atom. The van der Waals surface area contributed by atoms with Crippen molar-refractivity contribution >= 4 is 12.0 Å². The summed E-state index contributed by atoms with van der Waals surface area (Å²) in [4.78, 5) is 11.8. The van der Waals surface area contributed by atoms with Crippen LogP contribution in [0, 0.1) is 19.7 Å². The van der Waals surface area contributed by atoms with Crippen LogP contribution >= 0.6 is 0 Å². The van der Waals surface area contributed by atoms with Gasteiger partial charge in [-0.2, -0.15) is 5.10 Å². The molecule has 2 aromatic rings. The molecule has 1 heterocycles. The highest BCUT2D eigenvalue weighted by molar-refractivity contribution is 5.91. The molecule has 122 valence electrons. The summed E-state index contributed by atoms with van der Waals surface area (Å²) >= 11 is 0. The molecule has 2 rings (SSSR count). The van der Waals surface area contributed by atoms with E-state index in [1.54, 1.807) is 22.9 Å². The third-order valence-corrected chi connectivity index (χ3v) is 3.45. The number of amides is 1. The lowest BCUT2D eigenvalue weighted by molar-refractivity contribution is -0.116. The van der Waals surface area contributed by atoms with E-state index < -0.39 is 0 Å². The van der Waals surface area contributed by atoms with Crippen LogP contribution in [0.3, 0.4) is 0 Å². The minimum Gasteiger partial charge on any atom is -0.492 e. The molecule has 0 aliphatic heterocycles. The molecular weight excluding hydrogens is 297 g/mol. The molecule has 0 atom stereocenters. The van der Waals surface area contributed by atoms with Crippen molar-refractivity contribution in [3.63, 3.8) is 0 Å². The van der Waals surface area contributed by atoms with Gasteiger partial charge in [0.15, 0.2) is 0 Å². The zero-order valence-electron chi connectivity index (χ0n) is 13.5. The molecule has 1 N–H and O–H groups in total. The number of carbonyl (C=O) groups excluding carboxylic acids is 1. The minimum atomic E-state index is -0.309. The molecule has 0 aliphatic carbocycles. The molecule has 0 spiro atoms. The zero-order chi connectivity index (χ0) is 16.8. The number of benzene rings is 1. The van der Waals surface area contributed by atoms with E-state index in [4.69, 9.17) is 4.74 Å². The number of nitrogens with zero attached hydrogens (tertiary/aromatic N) is 2. The van der Waals surface area contributed by atoms with Gasteiger partial charge >= 0.3 is 0 Å². The van der Waals surface area contributed by atoms with Crippen LogP contribution in [0.5, 0.6) is 5.75 Å². The van der Waals surface area contributed by atoms with Gasteiger partial charge in [-0.25, -0.2) is 4.39 Å². The van der Waals surface area contributed by atoms with Crippen molar-refractivity contribution in [1.82, 2.24) is 15.1 Å².